The van der Waals surface area contributed by atoms with Crippen LogP contribution in [0.4, 0.5) is 11.6 Å². The Morgan fingerprint density at radius 2 is 2.10 bits per heavy atom. The summed E-state index contributed by atoms with van der Waals surface area (Å²) in [6.07, 6.45) is 9.63. The molecule has 4 aromatic rings. The van der Waals surface area contributed by atoms with Crippen LogP contribution in [-0.4, -0.2) is 31.1 Å². The Labute approximate surface area is 166 Å². The second-order valence-corrected chi connectivity index (χ2v) is 7.40. The van der Waals surface area contributed by atoms with Crippen molar-refractivity contribution in [3.8, 4) is 22.4 Å². The second kappa shape index (κ2) is 6.66. The van der Waals surface area contributed by atoms with E-state index in [2.05, 4.69) is 37.4 Å². The Bertz CT molecular complexity index is 1220. The number of hydrogen-bond donors (Lipinski definition) is 3. The van der Waals surface area contributed by atoms with Gasteiger partial charge in [-0.1, -0.05) is 6.92 Å². The van der Waals surface area contributed by atoms with Gasteiger partial charge >= 0.3 is 0 Å². The molecule has 4 aromatic heterocycles. The third kappa shape index (κ3) is 3.18. The Morgan fingerprint density at radius 3 is 2.86 bits per heavy atom. The first-order valence-corrected chi connectivity index (χ1v) is 9.41. The highest BCUT2D eigenvalue weighted by Gasteiger charge is 2.39. The molecule has 1 aliphatic rings. The van der Waals surface area contributed by atoms with E-state index in [-0.39, 0.29) is 11.8 Å². The van der Waals surface area contributed by atoms with Crippen molar-refractivity contribution in [3.63, 3.8) is 0 Å². The number of pyridine rings is 3. The van der Waals surface area contributed by atoms with Crippen molar-refractivity contribution >= 4 is 28.3 Å². The van der Waals surface area contributed by atoms with Crippen molar-refractivity contribution in [1.82, 2.24) is 25.1 Å². The number of anilines is 2. The predicted octanol–water partition coefficient (Wildman–Crippen LogP) is 3.26. The fourth-order valence-corrected chi connectivity index (χ4v) is 3.54. The van der Waals surface area contributed by atoms with E-state index in [0.717, 1.165) is 33.9 Å². The van der Waals surface area contributed by atoms with Gasteiger partial charge in [0.1, 0.15) is 11.6 Å². The average Bonchev–Trinajstić information content (AvgIpc) is 3.22. The fraction of sp³-hybridized carbons (Fsp3) is 0.190. The van der Waals surface area contributed by atoms with E-state index in [0.29, 0.717) is 23.2 Å². The minimum atomic E-state index is 0.0149. The zero-order valence-electron chi connectivity index (χ0n) is 15.8. The molecule has 1 saturated carbocycles. The summed E-state index contributed by atoms with van der Waals surface area (Å²) in [5.74, 6) is 1.42. The van der Waals surface area contributed by atoms with Gasteiger partial charge in [0.15, 0.2) is 0 Å². The van der Waals surface area contributed by atoms with Crippen LogP contribution in [0.2, 0.25) is 0 Å². The van der Waals surface area contributed by atoms with Crippen LogP contribution in [0.1, 0.15) is 13.3 Å². The molecule has 5 rings (SSSR count). The van der Waals surface area contributed by atoms with Crippen molar-refractivity contribution in [3.05, 3.63) is 49.2 Å². The lowest BCUT2D eigenvalue weighted by molar-refractivity contribution is -0.117. The molecule has 4 heterocycles. The summed E-state index contributed by atoms with van der Waals surface area (Å²) in [6, 6.07) is 5.68. The summed E-state index contributed by atoms with van der Waals surface area (Å²) in [6.45, 7) is 2.07. The molecule has 144 valence electrons. The van der Waals surface area contributed by atoms with Gasteiger partial charge in [-0.3, -0.25) is 14.9 Å². The van der Waals surface area contributed by atoms with Gasteiger partial charge < -0.3 is 11.1 Å². The highest BCUT2D eigenvalue weighted by Crippen LogP contribution is 2.38. The van der Waals surface area contributed by atoms with Crippen LogP contribution in [0, 0.1) is 11.8 Å². The summed E-state index contributed by atoms with van der Waals surface area (Å²) in [5, 5.41) is 11.3. The van der Waals surface area contributed by atoms with Gasteiger partial charge in [0, 0.05) is 47.2 Å². The molecule has 8 nitrogen and oxygen atoms in total. The smallest absolute Gasteiger partial charge is 0.228 e. The largest absolute Gasteiger partial charge is 0.383 e. The monoisotopic (exact) mass is 385 g/mol. The number of nitrogens with zero attached hydrogens (tertiary/aromatic N) is 4. The maximum atomic E-state index is 12.2. The number of aromatic nitrogens is 5. The maximum absolute atomic E-state index is 12.2. The van der Waals surface area contributed by atoms with Crippen LogP contribution in [0.25, 0.3) is 33.2 Å². The van der Waals surface area contributed by atoms with Crippen LogP contribution in [0.5, 0.6) is 0 Å². The predicted molar refractivity (Wildman–Crippen MR) is 111 cm³/mol. The van der Waals surface area contributed by atoms with Crippen molar-refractivity contribution in [2.75, 3.05) is 11.1 Å². The van der Waals surface area contributed by atoms with Crippen LogP contribution in [0.3, 0.4) is 0 Å². The lowest BCUT2D eigenvalue weighted by Gasteiger charge is -2.11. The molecule has 2 atom stereocenters. The van der Waals surface area contributed by atoms with E-state index in [1.165, 1.54) is 0 Å². The number of nitrogen functional groups attached to an aromatic ring is 1. The molecule has 1 aliphatic carbocycles. The number of nitrogens with one attached hydrogen (secondary N) is 2. The molecule has 0 unspecified atom stereocenters. The quantitative estimate of drug-likeness (QED) is 0.495. The lowest BCUT2D eigenvalue weighted by Crippen LogP contribution is -2.15. The minimum Gasteiger partial charge on any atom is -0.383 e. The molecule has 8 heteroatoms. The summed E-state index contributed by atoms with van der Waals surface area (Å²) in [5.41, 5.74) is 9.63. The molecule has 0 aliphatic heterocycles. The van der Waals surface area contributed by atoms with E-state index in [1.807, 2.05) is 24.4 Å². The molecular formula is C21H19N7O. The molecule has 29 heavy (non-hydrogen) atoms. The second-order valence-electron chi connectivity index (χ2n) is 7.40. The van der Waals surface area contributed by atoms with Crippen LogP contribution in [-0.2, 0) is 4.79 Å². The number of H-pyrrole nitrogens is 1. The Balaban J connectivity index is 1.57. The number of carbonyl (C=O) groups excluding carboxylic acids is 1. The molecule has 0 bridgehead atoms. The zero-order valence-corrected chi connectivity index (χ0v) is 15.8. The standard InChI is InChI=1S/C21H19N7O/c1-11-4-15(11)21(29)28-19-6-12-5-18(27-20(22)16(12)10-24-19)17-9-23-3-2-14(17)13-7-25-26-8-13/h2-3,5-11,15H,4H2,1H3,(H2,22,27)(H,25,26)(H,24,28,29)/t11-,15-/m0/s1. The molecule has 0 spiro atoms. The van der Waals surface area contributed by atoms with Crippen LogP contribution in [0.15, 0.2) is 49.2 Å². The number of nitrogens with two attached hydrogens (primary N) is 1. The number of carbonyl (C=O) groups is 1. The van der Waals surface area contributed by atoms with E-state index >= 15 is 0 Å². The third-order valence-electron chi connectivity index (χ3n) is 5.35. The van der Waals surface area contributed by atoms with Gasteiger partial charge in [-0.2, -0.15) is 5.10 Å². The van der Waals surface area contributed by atoms with Crippen molar-refractivity contribution < 1.29 is 4.79 Å². The van der Waals surface area contributed by atoms with Gasteiger partial charge in [0.2, 0.25) is 5.91 Å². The zero-order chi connectivity index (χ0) is 20.0. The third-order valence-corrected chi connectivity index (χ3v) is 5.35. The van der Waals surface area contributed by atoms with E-state index in [4.69, 9.17) is 5.73 Å². The Kier molecular flexibility index (Phi) is 3.97. The van der Waals surface area contributed by atoms with Gasteiger partial charge in [0.05, 0.1) is 11.9 Å². The number of fused-ring (bicyclic) bond motifs is 1. The van der Waals surface area contributed by atoms with E-state index in [9.17, 15) is 4.79 Å². The summed E-state index contributed by atoms with van der Waals surface area (Å²) in [7, 11) is 0. The molecule has 1 fully saturated rings. The van der Waals surface area contributed by atoms with E-state index in [1.54, 1.807) is 24.8 Å². The Morgan fingerprint density at radius 1 is 1.24 bits per heavy atom. The van der Waals surface area contributed by atoms with Crippen LogP contribution >= 0.6 is 0 Å². The molecule has 0 aromatic carbocycles. The van der Waals surface area contributed by atoms with Gasteiger partial charge in [-0.05, 0) is 41.5 Å². The topological polar surface area (TPSA) is 122 Å². The number of rotatable bonds is 4. The minimum absolute atomic E-state index is 0.0149. The average molecular weight is 385 g/mol. The molecule has 4 N–H and O–H groups in total. The number of amides is 1. The molecular weight excluding hydrogens is 366 g/mol. The van der Waals surface area contributed by atoms with Gasteiger partial charge in [-0.25, -0.2) is 9.97 Å². The van der Waals surface area contributed by atoms with Gasteiger partial charge in [-0.15, -0.1) is 0 Å². The fourth-order valence-electron chi connectivity index (χ4n) is 3.54. The lowest BCUT2D eigenvalue weighted by atomic mass is 10.0. The summed E-state index contributed by atoms with van der Waals surface area (Å²) in [4.78, 5) is 25.4. The molecule has 0 saturated heterocycles. The van der Waals surface area contributed by atoms with Crippen molar-refractivity contribution in [2.45, 2.75) is 13.3 Å². The first kappa shape index (κ1) is 17.3. The van der Waals surface area contributed by atoms with Crippen LogP contribution < -0.4 is 11.1 Å². The van der Waals surface area contributed by atoms with Crippen molar-refractivity contribution in [1.29, 1.82) is 0 Å². The number of hydrogen-bond acceptors (Lipinski definition) is 6. The molecule has 1 amide bonds. The highest BCUT2D eigenvalue weighted by molar-refractivity contribution is 5.99. The SMILES string of the molecule is C[C@H]1C[C@@H]1C(=O)Nc1cc2cc(-c3cnccc3-c3cn[nH]c3)nc(N)c2cn1. The van der Waals surface area contributed by atoms with Crippen molar-refractivity contribution in [2.24, 2.45) is 11.8 Å². The molecule has 0 radical (unpaired) electrons. The first-order chi connectivity index (χ1) is 14.1. The number of aromatic amines is 1. The summed E-state index contributed by atoms with van der Waals surface area (Å²) >= 11 is 0. The first-order valence-electron chi connectivity index (χ1n) is 9.41. The summed E-state index contributed by atoms with van der Waals surface area (Å²) < 4.78 is 0. The van der Waals surface area contributed by atoms with E-state index < -0.39 is 0 Å². The normalized spacial score (nSPS) is 18.0. The van der Waals surface area contributed by atoms with Gasteiger partial charge in [0.25, 0.3) is 0 Å². The maximum Gasteiger partial charge on any atom is 0.228 e. The highest BCUT2D eigenvalue weighted by atomic mass is 16.2. The Hall–Kier alpha value is -3.81.